The van der Waals surface area contributed by atoms with Gasteiger partial charge in [-0.25, -0.2) is 9.97 Å². The summed E-state index contributed by atoms with van der Waals surface area (Å²) in [5.41, 5.74) is 5.18. The highest BCUT2D eigenvalue weighted by Crippen LogP contribution is 2.37. The lowest BCUT2D eigenvalue weighted by Crippen LogP contribution is -2.37. The minimum absolute atomic E-state index is 0.853. The molecule has 5 heterocycles. The highest BCUT2D eigenvalue weighted by Gasteiger charge is 2.18. The van der Waals surface area contributed by atoms with Crippen molar-refractivity contribution in [3.8, 4) is 10.6 Å². The van der Waals surface area contributed by atoms with E-state index in [-0.39, 0.29) is 0 Å². The molecule has 1 N–H and O–H groups in total. The summed E-state index contributed by atoms with van der Waals surface area (Å²) >= 11 is 1.74. The van der Waals surface area contributed by atoms with Crippen LogP contribution in [-0.4, -0.2) is 62.5 Å². The van der Waals surface area contributed by atoms with E-state index in [1.54, 1.807) is 11.3 Å². The molecule has 4 aromatic rings. The maximum atomic E-state index is 5.44. The first-order chi connectivity index (χ1) is 13.7. The predicted molar refractivity (Wildman–Crippen MR) is 112 cm³/mol. The summed E-state index contributed by atoms with van der Waals surface area (Å²) in [6.45, 7) is 6.94. The Kier molecular flexibility index (Phi) is 4.62. The molecule has 0 bridgehead atoms. The molecule has 5 rings (SSSR count). The molecule has 1 fully saturated rings. The van der Waals surface area contributed by atoms with Crippen LogP contribution in [0.3, 0.4) is 0 Å². The van der Waals surface area contributed by atoms with Crippen LogP contribution >= 0.6 is 11.3 Å². The highest BCUT2D eigenvalue weighted by atomic mass is 32.1. The van der Waals surface area contributed by atoms with Gasteiger partial charge in [-0.05, 0) is 32.0 Å². The second-order valence-electron chi connectivity index (χ2n) is 7.32. The minimum atomic E-state index is 0.853. The van der Waals surface area contributed by atoms with Gasteiger partial charge in [0.25, 0.3) is 0 Å². The van der Waals surface area contributed by atoms with E-state index in [1.165, 1.54) is 10.2 Å². The fourth-order valence-electron chi connectivity index (χ4n) is 3.96. The number of rotatable bonds is 5. The molecule has 8 heteroatoms. The quantitative estimate of drug-likeness (QED) is 0.561. The van der Waals surface area contributed by atoms with Crippen molar-refractivity contribution in [2.75, 3.05) is 32.8 Å². The third-order valence-electron chi connectivity index (χ3n) is 5.48. The zero-order valence-electron chi connectivity index (χ0n) is 16.2. The van der Waals surface area contributed by atoms with Crippen LogP contribution in [0.1, 0.15) is 17.9 Å². The monoisotopic (exact) mass is 396 g/mol. The zero-order valence-corrected chi connectivity index (χ0v) is 17.1. The summed E-state index contributed by atoms with van der Waals surface area (Å²) in [7, 11) is 2.13. The number of hydrogen-bond donors (Lipinski definition) is 1. The Bertz CT molecular complexity index is 1110. The fourth-order valence-corrected chi connectivity index (χ4v) is 5.11. The molecule has 1 aliphatic heterocycles. The normalized spacial score (nSPS) is 15.8. The molecule has 0 radical (unpaired) electrons. The maximum absolute atomic E-state index is 5.44. The fraction of sp³-hybridized carbons (Fsp3) is 0.450. The number of aromatic amines is 1. The number of nitrogens with one attached hydrogen (secondary N) is 1. The average molecular weight is 397 g/mol. The van der Waals surface area contributed by atoms with Crippen molar-refractivity contribution >= 4 is 32.6 Å². The van der Waals surface area contributed by atoms with Gasteiger partial charge in [-0.3, -0.25) is 10.00 Å². The first kappa shape index (κ1) is 17.8. The van der Waals surface area contributed by atoms with Gasteiger partial charge in [0, 0.05) is 32.8 Å². The number of hydrogen-bond acceptors (Lipinski definition) is 6. The Balaban J connectivity index is 1.47. The lowest BCUT2D eigenvalue weighted by atomic mass is 10.2. The number of aromatic nitrogens is 5. The maximum Gasteiger partial charge on any atom is 0.111 e. The van der Waals surface area contributed by atoms with Gasteiger partial charge in [0.15, 0.2) is 0 Å². The summed E-state index contributed by atoms with van der Waals surface area (Å²) in [5, 5.41) is 7.21. The van der Waals surface area contributed by atoms with E-state index in [9.17, 15) is 0 Å². The molecular formula is C20H24N6OS. The van der Waals surface area contributed by atoms with E-state index < -0.39 is 0 Å². The summed E-state index contributed by atoms with van der Waals surface area (Å²) in [4.78, 5) is 13.4. The van der Waals surface area contributed by atoms with Crippen molar-refractivity contribution in [1.29, 1.82) is 0 Å². The van der Waals surface area contributed by atoms with Crippen LogP contribution in [0.4, 0.5) is 0 Å². The summed E-state index contributed by atoms with van der Waals surface area (Å²) < 4.78 is 8.88. The molecule has 0 aliphatic carbocycles. The molecule has 28 heavy (non-hydrogen) atoms. The van der Waals surface area contributed by atoms with E-state index in [0.29, 0.717) is 0 Å². The zero-order chi connectivity index (χ0) is 19.1. The predicted octanol–water partition coefficient (Wildman–Crippen LogP) is 3.15. The standard InChI is InChI=1S/C20H24N6OS/c1-13-18-19(20-15(22-13)12-16(28-20)14-5-6-21-24-14)25(2)17(23-18)4-3-7-26-8-10-27-11-9-26/h5-6,12H,3-4,7-11H2,1-2H3,(H,21,24). The number of aryl methyl sites for hydroxylation is 3. The molecule has 0 aromatic carbocycles. The first-order valence-corrected chi connectivity index (χ1v) is 10.6. The molecule has 0 spiro atoms. The molecule has 0 atom stereocenters. The lowest BCUT2D eigenvalue weighted by molar-refractivity contribution is 0.0374. The van der Waals surface area contributed by atoms with Crippen LogP contribution in [0.15, 0.2) is 18.3 Å². The van der Waals surface area contributed by atoms with Crippen molar-refractivity contribution in [2.45, 2.75) is 19.8 Å². The van der Waals surface area contributed by atoms with E-state index in [1.807, 2.05) is 12.3 Å². The van der Waals surface area contributed by atoms with Crippen LogP contribution in [0.25, 0.3) is 31.8 Å². The van der Waals surface area contributed by atoms with Gasteiger partial charge in [0.1, 0.15) is 17.0 Å². The molecule has 0 saturated carbocycles. The van der Waals surface area contributed by atoms with Crippen LogP contribution in [0, 0.1) is 6.92 Å². The molecule has 146 valence electrons. The Hall–Kier alpha value is -2.29. The number of nitrogens with zero attached hydrogens (tertiary/aromatic N) is 5. The molecule has 4 aromatic heterocycles. The van der Waals surface area contributed by atoms with Crippen LogP contribution in [-0.2, 0) is 18.2 Å². The van der Waals surface area contributed by atoms with Gasteiger partial charge in [-0.2, -0.15) is 5.10 Å². The van der Waals surface area contributed by atoms with Gasteiger partial charge < -0.3 is 9.30 Å². The van der Waals surface area contributed by atoms with Crippen LogP contribution in [0.5, 0.6) is 0 Å². The van der Waals surface area contributed by atoms with Crippen molar-refractivity contribution in [3.63, 3.8) is 0 Å². The summed E-state index contributed by atoms with van der Waals surface area (Å²) in [6, 6.07) is 4.13. The van der Waals surface area contributed by atoms with E-state index in [2.05, 4.69) is 39.7 Å². The van der Waals surface area contributed by atoms with Gasteiger partial charge in [-0.15, -0.1) is 11.3 Å². The van der Waals surface area contributed by atoms with Crippen molar-refractivity contribution in [3.05, 3.63) is 29.8 Å². The molecule has 7 nitrogen and oxygen atoms in total. The average Bonchev–Trinajstić information content (AvgIpc) is 3.42. The number of fused-ring (bicyclic) bond motifs is 3. The second-order valence-corrected chi connectivity index (χ2v) is 8.38. The SMILES string of the molecule is Cc1nc2cc(-c3cc[nH]n3)sc2c2c1nc(CCCN1CCOCC1)n2C. The van der Waals surface area contributed by atoms with Crippen molar-refractivity contribution in [1.82, 2.24) is 29.6 Å². The van der Waals surface area contributed by atoms with E-state index in [4.69, 9.17) is 14.7 Å². The lowest BCUT2D eigenvalue weighted by Gasteiger charge is -2.26. The number of pyridine rings is 1. The molecule has 0 unspecified atom stereocenters. The van der Waals surface area contributed by atoms with Crippen molar-refractivity contribution < 1.29 is 4.74 Å². The third-order valence-corrected chi connectivity index (χ3v) is 6.63. The Labute approximate surface area is 167 Å². The topological polar surface area (TPSA) is 71.9 Å². The van der Waals surface area contributed by atoms with Crippen LogP contribution in [0.2, 0.25) is 0 Å². The third kappa shape index (κ3) is 3.11. The Morgan fingerprint density at radius 2 is 2.11 bits per heavy atom. The number of ether oxygens (including phenoxy) is 1. The molecular weight excluding hydrogens is 372 g/mol. The number of morpholine rings is 1. The molecule has 1 saturated heterocycles. The number of imidazole rings is 1. The van der Waals surface area contributed by atoms with Crippen molar-refractivity contribution in [2.24, 2.45) is 7.05 Å². The molecule has 0 amide bonds. The van der Waals surface area contributed by atoms with E-state index >= 15 is 0 Å². The molecule has 1 aliphatic rings. The van der Waals surface area contributed by atoms with Gasteiger partial charge >= 0.3 is 0 Å². The Morgan fingerprint density at radius 1 is 1.25 bits per heavy atom. The van der Waals surface area contributed by atoms with E-state index in [0.717, 1.165) is 78.8 Å². The number of H-pyrrole nitrogens is 1. The smallest absolute Gasteiger partial charge is 0.111 e. The minimum Gasteiger partial charge on any atom is -0.379 e. The largest absolute Gasteiger partial charge is 0.379 e. The summed E-state index contributed by atoms with van der Waals surface area (Å²) in [5.74, 6) is 1.13. The van der Waals surface area contributed by atoms with Gasteiger partial charge in [-0.1, -0.05) is 0 Å². The number of thiophene rings is 1. The summed E-state index contributed by atoms with van der Waals surface area (Å²) in [6.07, 6.45) is 3.93. The van der Waals surface area contributed by atoms with Crippen LogP contribution < -0.4 is 0 Å². The highest BCUT2D eigenvalue weighted by molar-refractivity contribution is 7.23. The van der Waals surface area contributed by atoms with Gasteiger partial charge in [0.05, 0.1) is 39.5 Å². The Morgan fingerprint density at radius 3 is 2.89 bits per heavy atom. The second kappa shape index (κ2) is 7.27. The first-order valence-electron chi connectivity index (χ1n) is 9.76. The van der Waals surface area contributed by atoms with Gasteiger partial charge in [0.2, 0.25) is 0 Å².